The second-order valence-electron chi connectivity index (χ2n) is 9.85. The lowest BCUT2D eigenvalue weighted by atomic mass is 9.72. The van der Waals surface area contributed by atoms with Gasteiger partial charge in [0.2, 0.25) is 0 Å². The predicted molar refractivity (Wildman–Crippen MR) is 113 cm³/mol. The van der Waals surface area contributed by atoms with Gasteiger partial charge in [-0.2, -0.15) is 0 Å². The first kappa shape index (κ1) is 22.0. The molecule has 0 saturated heterocycles. The molecule has 1 heteroatoms. The molecule has 3 unspecified atom stereocenters. The zero-order valence-corrected chi connectivity index (χ0v) is 17.9. The van der Waals surface area contributed by atoms with Crippen molar-refractivity contribution in [2.75, 3.05) is 0 Å². The third-order valence-corrected chi connectivity index (χ3v) is 7.90. The Balaban J connectivity index is 1.35. The van der Waals surface area contributed by atoms with Crippen LogP contribution in [0.15, 0.2) is 0 Å². The standard InChI is InChI=1S/C25H46O/c1-21-12-11-15-25(22(21)2)14-10-8-6-4-3-5-7-9-13-23-16-18-24(20-26)19-17-23/h20-25H,3-19H2,1-2H3. The predicted octanol–water partition coefficient (Wildman–Crippen LogP) is 7.97. The molecule has 0 radical (unpaired) electrons. The van der Waals surface area contributed by atoms with Gasteiger partial charge in [-0.05, 0) is 49.4 Å². The topological polar surface area (TPSA) is 17.1 Å². The summed E-state index contributed by atoms with van der Waals surface area (Å²) in [6, 6.07) is 0. The second-order valence-corrected chi connectivity index (χ2v) is 9.85. The Hall–Kier alpha value is -0.330. The highest BCUT2D eigenvalue weighted by atomic mass is 16.1. The molecule has 0 bridgehead atoms. The smallest absolute Gasteiger partial charge is 0.123 e. The molecule has 26 heavy (non-hydrogen) atoms. The number of hydrogen-bond acceptors (Lipinski definition) is 1. The summed E-state index contributed by atoms with van der Waals surface area (Å²) >= 11 is 0. The molecule has 3 atom stereocenters. The summed E-state index contributed by atoms with van der Waals surface area (Å²) in [6.07, 6.45) is 25.1. The minimum absolute atomic E-state index is 0.385. The lowest BCUT2D eigenvalue weighted by Gasteiger charge is -2.34. The zero-order valence-electron chi connectivity index (χ0n) is 17.9. The molecule has 1 nitrogen and oxygen atoms in total. The van der Waals surface area contributed by atoms with Gasteiger partial charge in [0.05, 0.1) is 0 Å². The SMILES string of the molecule is CC1CCCC(CCCCCCCCCCC2CCC(C=O)CC2)C1C. The summed E-state index contributed by atoms with van der Waals surface area (Å²) in [5.74, 6) is 4.28. The minimum Gasteiger partial charge on any atom is -0.303 e. The van der Waals surface area contributed by atoms with E-state index in [0.29, 0.717) is 5.92 Å². The van der Waals surface area contributed by atoms with Gasteiger partial charge in [0.1, 0.15) is 6.29 Å². The maximum absolute atomic E-state index is 10.8. The molecule has 0 N–H and O–H groups in total. The Kier molecular flexibility index (Phi) is 10.9. The molecule has 0 spiro atoms. The highest BCUT2D eigenvalue weighted by Gasteiger charge is 2.26. The fraction of sp³-hybridized carbons (Fsp3) is 0.960. The molecule has 2 aliphatic rings. The Bertz CT molecular complexity index is 355. The van der Waals surface area contributed by atoms with E-state index in [0.717, 1.165) is 36.5 Å². The molecule has 0 aliphatic heterocycles. The van der Waals surface area contributed by atoms with Crippen LogP contribution in [0.25, 0.3) is 0 Å². The average molecular weight is 363 g/mol. The van der Waals surface area contributed by atoms with Crippen LogP contribution in [0.4, 0.5) is 0 Å². The zero-order chi connectivity index (χ0) is 18.6. The highest BCUT2D eigenvalue weighted by Crippen LogP contribution is 2.37. The summed E-state index contributed by atoms with van der Waals surface area (Å²) in [4.78, 5) is 10.8. The van der Waals surface area contributed by atoms with Crippen LogP contribution in [-0.2, 0) is 4.79 Å². The molecule has 0 amide bonds. The largest absolute Gasteiger partial charge is 0.303 e. The van der Waals surface area contributed by atoms with Crippen molar-refractivity contribution in [2.45, 2.75) is 123 Å². The first-order valence-corrected chi connectivity index (χ1v) is 12.2. The van der Waals surface area contributed by atoms with Gasteiger partial charge in [0.25, 0.3) is 0 Å². The van der Waals surface area contributed by atoms with Crippen LogP contribution in [-0.4, -0.2) is 6.29 Å². The maximum atomic E-state index is 10.8. The molecule has 0 heterocycles. The van der Waals surface area contributed by atoms with Crippen LogP contribution >= 0.6 is 0 Å². The summed E-state index contributed by atoms with van der Waals surface area (Å²) in [6.45, 7) is 4.97. The van der Waals surface area contributed by atoms with E-state index in [4.69, 9.17) is 0 Å². The Labute approximate surface area is 164 Å². The van der Waals surface area contributed by atoms with Crippen molar-refractivity contribution in [2.24, 2.45) is 29.6 Å². The van der Waals surface area contributed by atoms with Crippen molar-refractivity contribution < 1.29 is 4.79 Å². The van der Waals surface area contributed by atoms with E-state index < -0.39 is 0 Å². The van der Waals surface area contributed by atoms with Gasteiger partial charge in [0, 0.05) is 5.92 Å². The molecule has 0 aromatic carbocycles. The van der Waals surface area contributed by atoms with Gasteiger partial charge in [-0.1, -0.05) is 97.3 Å². The van der Waals surface area contributed by atoms with E-state index >= 15 is 0 Å². The quantitative estimate of drug-likeness (QED) is 0.254. The monoisotopic (exact) mass is 362 g/mol. The number of aldehydes is 1. The van der Waals surface area contributed by atoms with E-state index in [9.17, 15) is 4.79 Å². The molecule has 152 valence electrons. The van der Waals surface area contributed by atoms with Crippen molar-refractivity contribution in [1.82, 2.24) is 0 Å². The van der Waals surface area contributed by atoms with Crippen LogP contribution < -0.4 is 0 Å². The molecule has 0 aromatic heterocycles. The average Bonchev–Trinajstić information content (AvgIpc) is 2.67. The fourth-order valence-electron chi connectivity index (χ4n) is 5.61. The Morgan fingerprint density at radius 2 is 1.27 bits per heavy atom. The first-order chi connectivity index (χ1) is 12.7. The van der Waals surface area contributed by atoms with Gasteiger partial charge in [-0.15, -0.1) is 0 Å². The molecule has 2 aliphatic carbocycles. The van der Waals surface area contributed by atoms with Crippen molar-refractivity contribution >= 4 is 6.29 Å². The molecule has 2 rings (SSSR count). The number of carbonyl (C=O) groups excluding carboxylic acids is 1. The number of rotatable bonds is 12. The van der Waals surface area contributed by atoms with Crippen LogP contribution in [0.2, 0.25) is 0 Å². The van der Waals surface area contributed by atoms with Gasteiger partial charge in [-0.25, -0.2) is 0 Å². The Morgan fingerprint density at radius 1 is 0.692 bits per heavy atom. The summed E-state index contributed by atoms with van der Waals surface area (Å²) in [5.41, 5.74) is 0. The number of carbonyl (C=O) groups is 1. The summed E-state index contributed by atoms with van der Waals surface area (Å²) in [5, 5.41) is 0. The molecule has 2 fully saturated rings. The Morgan fingerprint density at radius 3 is 1.88 bits per heavy atom. The fourth-order valence-corrected chi connectivity index (χ4v) is 5.61. The third-order valence-electron chi connectivity index (χ3n) is 7.90. The highest BCUT2D eigenvalue weighted by molar-refractivity contribution is 5.53. The second kappa shape index (κ2) is 12.9. The van der Waals surface area contributed by atoms with Crippen LogP contribution in [0, 0.1) is 29.6 Å². The minimum atomic E-state index is 0.385. The van der Waals surface area contributed by atoms with Crippen LogP contribution in [0.3, 0.4) is 0 Å². The van der Waals surface area contributed by atoms with Crippen LogP contribution in [0.5, 0.6) is 0 Å². The van der Waals surface area contributed by atoms with Crippen molar-refractivity contribution in [3.8, 4) is 0 Å². The summed E-state index contributed by atoms with van der Waals surface area (Å²) < 4.78 is 0. The molecule has 2 saturated carbocycles. The molecule has 0 aromatic rings. The van der Waals surface area contributed by atoms with Gasteiger partial charge >= 0.3 is 0 Å². The van der Waals surface area contributed by atoms with Crippen LogP contribution in [0.1, 0.15) is 123 Å². The lowest BCUT2D eigenvalue weighted by molar-refractivity contribution is -0.112. The van der Waals surface area contributed by atoms with Gasteiger partial charge in [-0.3, -0.25) is 0 Å². The molecular weight excluding hydrogens is 316 g/mol. The van der Waals surface area contributed by atoms with E-state index in [1.165, 1.54) is 103 Å². The number of hydrogen-bond donors (Lipinski definition) is 0. The maximum Gasteiger partial charge on any atom is 0.123 e. The third kappa shape index (κ3) is 8.13. The summed E-state index contributed by atoms with van der Waals surface area (Å²) in [7, 11) is 0. The van der Waals surface area contributed by atoms with E-state index in [1.807, 2.05) is 0 Å². The van der Waals surface area contributed by atoms with Gasteiger partial charge < -0.3 is 4.79 Å². The van der Waals surface area contributed by atoms with Gasteiger partial charge in [0.15, 0.2) is 0 Å². The van der Waals surface area contributed by atoms with E-state index in [2.05, 4.69) is 13.8 Å². The molecular formula is C25H46O. The van der Waals surface area contributed by atoms with Crippen molar-refractivity contribution in [3.63, 3.8) is 0 Å². The van der Waals surface area contributed by atoms with Crippen molar-refractivity contribution in [3.05, 3.63) is 0 Å². The number of unbranched alkanes of at least 4 members (excludes halogenated alkanes) is 7. The normalized spacial score (nSPS) is 32.5. The first-order valence-electron chi connectivity index (χ1n) is 12.2. The lowest BCUT2D eigenvalue weighted by Crippen LogP contribution is -2.23. The van der Waals surface area contributed by atoms with E-state index in [-0.39, 0.29) is 0 Å². The van der Waals surface area contributed by atoms with E-state index in [1.54, 1.807) is 0 Å². The van der Waals surface area contributed by atoms with Crippen molar-refractivity contribution in [1.29, 1.82) is 0 Å².